The molecule has 0 radical (unpaired) electrons. The highest BCUT2D eigenvalue weighted by Crippen LogP contribution is 2.34. The molecule has 0 amide bonds. The van der Waals surface area contributed by atoms with Crippen LogP contribution in [0.1, 0.15) is 52.1 Å². The third-order valence-electron chi connectivity index (χ3n) is 3.64. The molecular formula is C15H19NOS. The third-order valence-corrected chi connectivity index (χ3v) is 4.96. The molecule has 1 atom stereocenters. The molecule has 0 saturated carbocycles. The monoisotopic (exact) mass is 261 g/mol. The maximum Gasteiger partial charge on any atom is 0.126 e. The van der Waals surface area contributed by atoms with Gasteiger partial charge in [0.1, 0.15) is 11.5 Å². The Morgan fingerprint density at radius 2 is 2.06 bits per heavy atom. The summed E-state index contributed by atoms with van der Waals surface area (Å²) >= 11 is 1.88. The van der Waals surface area contributed by atoms with E-state index in [1.807, 2.05) is 30.4 Å². The molecule has 0 saturated heterocycles. The van der Waals surface area contributed by atoms with Gasteiger partial charge in [-0.1, -0.05) is 6.42 Å². The highest BCUT2D eigenvalue weighted by molar-refractivity contribution is 7.12. The molecule has 0 bridgehead atoms. The third kappa shape index (κ3) is 2.25. The zero-order valence-corrected chi connectivity index (χ0v) is 11.6. The number of fused-ring (bicyclic) bond motifs is 1. The predicted octanol–water partition coefficient (Wildman–Crippen LogP) is 3.97. The molecule has 1 aliphatic rings. The summed E-state index contributed by atoms with van der Waals surface area (Å²) in [5.41, 5.74) is 7.82. The Hall–Kier alpha value is -1.06. The Bertz CT molecular complexity index is 517. The fourth-order valence-corrected chi connectivity index (χ4v) is 3.87. The van der Waals surface area contributed by atoms with Gasteiger partial charge >= 0.3 is 0 Å². The van der Waals surface area contributed by atoms with Crippen molar-refractivity contribution in [2.24, 2.45) is 5.73 Å². The number of nitrogens with two attached hydrogens (primary N) is 1. The van der Waals surface area contributed by atoms with Crippen LogP contribution in [0, 0.1) is 6.92 Å². The van der Waals surface area contributed by atoms with Gasteiger partial charge in [-0.05, 0) is 56.4 Å². The van der Waals surface area contributed by atoms with Crippen molar-refractivity contribution in [2.75, 3.05) is 0 Å². The van der Waals surface area contributed by atoms with Gasteiger partial charge in [-0.2, -0.15) is 0 Å². The molecule has 2 aromatic rings. The van der Waals surface area contributed by atoms with Gasteiger partial charge in [0.15, 0.2) is 0 Å². The summed E-state index contributed by atoms with van der Waals surface area (Å²) in [4.78, 5) is 2.79. The Balaban J connectivity index is 1.88. The highest BCUT2D eigenvalue weighted by atomic mass is 32.1. The molecule has 2 nitrogen and oxygen atoms in total. The Labute approximate surface area is 112 Å². The molecule has 0 spiro atoms. The van der Waals surface area contributed by atoms with E-state index in [0.717, 1.165) is 11.5 Å². The van der Waals surface area contributed by atoms with Crippen LogP contribution in [0.5, 0.6) is 0 Å². The maximum atomic E-state index is 6.30. The molecule has 1 unspecified atom stereocenters. The maximum absolute atomic E-state index is 6.30. The van der Waals surface area contributed by atoms with Gasteiger partial charge in [-0.15, -0.1) is 11.3 Å². The molecule has 2 heterocycles. The minimum absolute atomic E-state index is 0.101. The normalized spacial score (nSPS) is 17.2. The van der Waals surface area contributed by atoms with Gasteiger partial charge in [0.05, 0.1) is 6.04 Å². The van der Waals surface area contributed by atoms with E-state index in [0.29, 0.717) is 0 Å². The van der Waals surface area contributed by atoms with Crippen LogP contribution in [-0.4, -0.2) is 0 Å². The topological polar surface area (TPSA) is 39.2 Å². The van der Waals surface area contributed by atoms with Crippen LogP contribution in [0.3, 0.4) is 0 Å². The SMILES string of the molecule is Cc1ccc(C(N)c2cc3c(s2)CCCCC3)o1. The second-order valence-electron chi connectivity index (χ2n) is 5.08. The smallest absolute Gasteiger partial charge is 0.126 e. The molecular weight excluding hydrogens is 242 g/mol. The van der Waals surface area contributed by atoms with Crippen molar-refractivity contribution < 1.29 is 4.42 Å². The minimum Gasteiger partial charge on any atom is -0.464 e. The first-order valence-corrected chi connectivity index (χ1v) is 7.49. The predicted molar refractivity (Wildman–Crippen MR) is 75.1 cm³/mol. The highest BCUT2D eigenvalue weighted by Gasteiger charge is 2.19. The van der Waals surface area contributed by atoms with Crippen molar-refractivity contribution in [1.82, 2.24) is 0 Å². The van der Waals surface area contributed by atoms with Crippen molar-refractivity contribution in [2.45, 2.75) is 45.1 Å². The lowest BCUT2D eigenvalue weighted by Crippen LogP contribution is -2.08. The quantitative estimate of drug-likeness (QED) is 0.831. The van der Waals surface area contributed by atoms with Crippen molar-refractivity contribution in [3.63, 3.8) is 0 Å². The van der Waals surface area contributed by atoms with Crippen molar-refractivity contribution in [3.8, 4) is 0 Å². The molecule has 18 heavy (non-hydrogen) atoms. The van der Waals surface area contributed by atoms with Gasteiger partial charge in [-0.3, -0.25) is 0 Å². The van der Waals surface area contributed by atoms with E-state index < -0.39 is 0 Å². The van der Waals surface area contributed by atoms with Crippen molar-refractivity contribution >= 4 is 11.3 Å². The number of aryl methyl sites for hydroxylation is 3. The lowest BCUT2D eigenvalue weighted by molar-refractivity contribution is 0.468. The van der Waals surface area contributed by atoms with Crippen molar-refractivity contribution in [3.05, 3.63) is 45.0 Å². The minimum atomic E-state index is -0.101. The van der Waals surface area contributed by atoms with Crippen LogP contribution in [0.15, 0.2) is 22.6 Å². The molecule has 2 aromatic heterocycles. The second-order valence-corrected chi connectivity index (χ2v) is 6.25. The van der Waals surface area contributed by atoms with Gasteiger partial charge < -0.3 is 10.2 Å². The van der Waals surface area contributed by atoms with E-state index >= 15 is 0 Å². The molecule has 2 N–H and O–H groups in total. The number of thiophene rings is 1. The Morgan fingerprint density at radius 3 is 2.83 bits per heavy atom. The first-order chi connectivity index (χ1) is 8.74. The van der Waals surface area contributed by atoms with Gasteiger partial charge in [-0.25, -0.2) is 0 Å². The van der Waals surface area contributed by atoms with Crippen LogP contribution in [0.25, 0.3) is 0 Å². The summed E-state index contributed by atoms with van der Waals surface area (Å²) in [5.74, 6) is 1.81. The summed E-state index contributed by atoms with van der Waals surface area (Å²) in [7, 11) is 0. The largest absolute Gasteiger partial charge is 0.464 e. The lowest BCUT2D eigenvalue weighted by atomic mass is 10.1. The van der Waals surface area contributed by atoms with E-state index in [9.17, 15) is 0 Å². The number of furan rings is 1. The summed E-state index contributed by atoms with van der Waals surface area (Å²) < 4.78 is 5.64. The average molecular weight is 261 g/mol. The second kappa shape index (κ2) is 4.90. The fraction of sp³-hybridized carbons (Fsp3) is 0.467. The molecule has 0 aliphatic heterocycles. The van der Waals surface area contributed by atoms with Crippen LogP contribution < -0.4 is 5.73 Å². The molecule has 0 aromatic carbocycles. The molecule has 3 heteroatoms. The van der Waals surface area contributed by atoms with Crippen LogP contribution >= 0.6 is 11.3 Å². The molecule has 1 aliphatic carbocycles. The van der Waals surface area contributed by atoms with E-state index in [-0.39, 0.29) is 6.04 Å². The van der Waals surface area contributed by atoms with E-state index in [2.05, 4.69) is 6.07 Å². The van der Waals surface area contributed by atoms with Gasteiger partial charge in [0, 0.05) is 9.75 Å². The number of hydrogen-bond acceptors (Lipinski definition) is 3. The van der Waals surface area contributed by atoms with Crippen LogP contribution in [0.2, 0.25) is 0 Å². The summed E-state index contributed by atoms with van der Waals surface area (Å²) in [6.07, 6.45) is 6.44. The van der Waals surface area contributed by atoms with Crippen LogP contribution in [0.4, 0.5) is 0 Å². The van der Waals surface area contributed by atoms with E-state index in [1.165, 1.54) is 42.5 Å². The van der Waals surface area contributed by atoms with E-state index in [4.69, 9.17) is 10.2 Å². The van der Waals surface area contributed by atoms with Gasteiger partial charge in [0.2, 0.25) is 0 Å². The first kappa shape index (κ1) is 12.0. The first-order valence-electron chi connectivity index (χ1n) is 6.67. The zero-order chi connectivity index (χ0) is 12.5. The summed E-state index contributed by atoms with van der Waals surface area (Å²) in [6, 6.07) is 6.17. The summed E-state index contributed by atoms with van der Waals surface area (Å²) in [6.45, 7) is 1.96. The number of rotatable bonds is 2. The Morgan fingerprint density at radius 1 is 1.22 bits per heavy atom. The molecule has 3 rings (SSSR count). The standard InChI is InChI=1S/C15H19NOS/c1-10-7-8-12(17-10)15(16)14-9-11-5-3-2-4-6-13(11)18-14/h7-9,15H,2-6,16H2,1H3. The van der Waals surface area contributed by atoms with Crippen LogP contribution in [-0.2, 0) is 12.8 Å². The molecule has 0 fully saturated rings. The van der Waals surface area contributed by atoms with E-state index in [1.54, 1.807) is 4.88 Å². The van der Waals surface area contributed by atoms with Gasteiger partial charge in [0.25, 0.3) is 0 Å². The lowest BCUT2D eigenvalue weighted by Gasteiger charge is -2.05. The number of hydrogen-bond donors (Lipinski definition) is 1. The average Bonchev–Trinajstić information content (AvgIpc) is 2.90. The summed E-state index contributed by atoms with van der Waals surface area (Å²) in [5, 5.41) is 0. The molecule has 96 valence electrons. The Kier molecular flexibility index (Phi) is 3.27. The van der Waals surface area contributed by atoms with Crippen molar-refractivity contribution in [1.29, 1.82) is 0 Å². The zero-order valence-electron chi connectivity index (χ0n) is 10.7. The fourth-order valence-electron chi connectivity index (χ4n) is 2.60.